The predicted octanol–water partition coefficient (Wildman–Crippen LogP) is 2.39. The van der Waals surface area contributed by atoms with Gasteiger partial charge in [0.2, 0.25) is 11.8 Å². The molecule has 0 aliphatic heterocycles. The van der Waals surface area contributed by atoms with E-state index in [2.05, 4.69) is 22.8 Å². The minimum atomic E-state index is -0.484. The lowest BCUT2D eigenvalue weighted by molar-refractivity contribution is -0.118. The number of amides is 2. The summed E-state index contributed by atoms with van der Waals surface area (Å²) in [5.74, 6) is -0.589. The molecule has 2 aromatic rings. The Balaban J connectivity index is 1.60. The van der Waals surface area contributed by atoms with Gasteiger partial charge in [0.15, 0.2) is 0 Å². The van der Waals surface area contributed by atoms with Crippen LogP contribution >= 0.6 is 0 Å². The summed E-state index contributed by atoms with van der Waals surface area (Å²) in [6.45, 7) is 1.86. The molecule has 0 spiro atoms. The van der Waals surface area contributed by atoms with Crippen LogP contribution in [0.4, 0.5) is 5.69 Å². The molecule has 0 radical (unpaired) electrons. The Labute approximate surface area is 141 Å². The van der Waals surface area contributed by atoms with E-state index in [-0.39, 0.29) is 18.0 Å². The highest BCUT2D eigenvalue weighted by atomic mass is 16.2. The smallest absolute Gasteiger partial charge is 0.248 e. The number of aryl methyl sites for hydroxylation is 1. The van der Waals surface area contributed by atoms with E-state index in [0.717, 1.165) is 12.8 Å². The summed E-state index contributed by atoms with van der Waals surface area (Å²) >= 11 is 0. The molecule has 24 heavy (non-hydrogen) atoms. The summed E-state index contributed by atoms with van der Waals surface area (Å²) in [6, 6.07) is 14.8. The van der Waals surface area contributed by atoms with Crippen molar-refractivity contribution >= 4 is 17.5 Å². The fraction of sp³-hybridized carbons (Fsp3) is 0.263. The third kappa shape index (κ3) is 3.46. The zero-order valence-corrected chi connectivity index (χ0v) is 13.6. The van der Waals surface area contributed by atoms with Crippen molar-refractivity contribution in [2.45, 2.75) is 31.8 Å². The van der Waals surface area contributed by atoms with Gasteiger partial charge in [-0.15, -0.1) is 0 Å². The van der Waals surface area contributed by atoms with E-state index in [1.54, 1.807) is 24.3 Å². The van der Waals surface area contributed by atoms with Crippen LogP contribution < -0.4 is 16.4 Å². The fourth-order valence-corrected chi connectivity index (χ4v) is 3.08. The first-order chi connectivity index (χ1) is 11.5. The number of carbonyl (C=O) groups excluding carboxylic acids is 2. The molecule has 5 nitrogen and oxygen atoms in total. The van der Waals surface area contributed by atoms with Gasteiger partial charge in [0.25, 0.3) is 0 Å². The lowest BCUT2D eigenvalue weighted by atomic mass is 10.1. The highest BCUT2D eigenvalue weighted by molar-refractivity contribution is 5.96. The summed E-state index contributed by atoms with van der Waals surface area (Å²) in [5, 5.41) is 6.25. The van der Waals surface area contributed by atoms with Crippen LogP contribution in [0.5, 0.6) is 0 Å². The number of benzene rings is 2. The summed E-state index contributed by atoms with van der Waals surface area (Å²) in [4.78, 5) is 23.4. The maximum absolute atomic E-state index is 12.4. The van der Waals surface area contributed by atoms with Crippen molar-refractivity contribution in [1.29, 1.82) is 0 Å². The molecule has 4 N–H and O–H groups in total. The highest BCUT2D eigenvalue weighted by Gasteiger charge is 2.25. The number of fused-ring (bicyclic) bond motifs is 1. The van der Waals surface area contributed by atoms with Crippen LogP contribution in [0.3, 0.4) is 0 Å². The Morgan fingerprint density at radius 3 is 2.54 bits per heavy atom. The standard InChI is InChI=1S/C19H21N3O2/c1-12(21-17-11-8-13-4-2-3-5-16(13)17)19(24)22-15-9-6-14(7-10-15)18(20)23/h2-7,9-10,12,17,21H,8,11H2,1H3,(H2,20,23)(H,22,24)/t12-,17-/m0/s1. The topological polar surface area (TPSA) is 84.2 Å². The first-order valence-corrected chi connectivity index (χ1v) is 8.09. The number of hydrogen-bond acceptors (Lipinski definition) is 3. The van der Waals surface area contributed by atoms with E-state index in [1.165, 1.54) is 11.1 Å². The second-order valence-corrected chi connectivity index (χ2v) is 6.11. The maximum atomic E-state index is 12.4. The van der Waals surface area contributed by atoms with Crippen LogP contribution in [-0.2, 0) is 11.2 Å². The quantitative estimate of drug-likeness (QED) is 0.790. The Hall–Kier alpha value is -2.66. The molecule has 0 saturated heterocycles. The van der Waals surface area contributed by atoms with Crippen molar-refractivity contribution in [3.8, 4) is 0 Å². The second kappa shape index (κ2) is 6.84. The van der Waals surface area contributed by atoms with Crippen LogP contribution in [0.25, 0.3) is 0 Å². The van der Waals surface area contributed by atoms with E-state index in [4.69, 9.17) is 5.73 Å². The number of nitrogens with two attached hydrogens (primary N) is 1. The van der Waals surface area contributed by atoms with Crippen molar-refractivity contribution in [2.24, 2.45) is 5.73 Å². The third-order valence-electron chi connectivity index (χ3n) is 4.41. The largest absolute Gasteiger partial charge is 0.366 e. The fourth-order valence-electron chi connectivity index (χ4n) is 3.08. The normalized spacial score (nSPS) is 17.1. The van der Waals surface area contributed by atoms with Crippen molar-refractivity contribution < 1.29 is 9.59 Å². The van der Waals surface area contributed by atoms with E-state index in [0.29, 0.717) is 11.3 Å². The van der Waals surface area contributed by atoms with E-state index in [1.807, 2.05) is 19.1 Å². The van der Waals surface area contributed by atoms with Crippen LogP contribution in [0.1, 0.15) is 40.9 Å². The number of rotatable bonds is 5. The van der Waals surface area contributed by atoms with Gasteiger partial charge in [-0.3, -0.25) is 14.9 Å². The Morgan fingerprint density at radius 2 is 1.83 bits per heavy atom. The van der Waals surface area contributed by atoms with Crippen LogP contribution in [0.2, 0.25) is 0 Å². The molecule has 2 amide bonds. The van der Waals surface area contributed by atoms with E-state index >= 15 is 0 Å². The molecule has 0 unspecified atom stereocenters. The number of hydrogen-bond donors (Lipinski definition) is 3. The predicted molar refractivity (Wildman–Crippen MR) is 93.7 cm³/mol. The molecule has 1 aliphatic rings. The Morgan fingerprint density at radius 1 is 1.12 bits per heavy atom. The van der Waals surface area contributed by atoms with Gasteiger partial charge in [-0.1, -0.05) is 24.3 Å². The van der Waals surface area contributed by atoms with Gasteiger partial charge in [0.1, 0.15) is 0 Å². The van der Waals surface area contributed by atoms with Crippen molar-refractivity contribution in [3.63, 3.8) is 0 Å². The van der Waals surface area contributed by atoms with Crippen molar-refractivity contribution in [1.82, 2.24) is 5.32 Å². The van der Waals surface area contributed by atoms with Crippen molar-refractivity contribution in [2.75, 3.05) is 5.32 Å². The molecule has 0 saturated carbocycles. The van der Waals surface area contributed by atoms with Gasteiger partial charge in [0.05, 0.1) is 6.04 Å². The number of carbonyl (C=O) groups is 2. The number of nitrogens with one attached hydrogen (secondary N) is 2. The van der Waals surface area contributed by atoms with Gasteiger partial charge in [-0.25, -0.2) is 0 Å². The van der Waals surface area contributed by atoms with E-state index < -0.39 is 5.91 Å². The van der Waals surface area contributed by atoms with E-state index in [9.17, 15) is 9.59 Å². The summed E-state index contributed by atoms with van der Waals surface area (Å²) in [6.07, 6.45) is 2.04. The zero-order chi connectivity index (χ0) is 17.1. The first-order valence-electron chi connectivity index (χ1n) is 8.09. The Kier molecular flexibility index (Phi) is 4.62. The molecule has 0 bridgehead atoms. The average Bonchev–Trinajstić information content (AvgIpc) is 2.98. The lowest BCUT2D eigenvalue weighted by Gasteiger charge is -2.20. The molecular weight excluding hydrogens is 302 g/mol. The maximum Gasteiger partial charge on any atom is 0.248 e. The molecule has 2 atom stereocenters. The highest BCUT2D eigenvalue weighted by Crippen LogP contribution is 2.31. The van der Waals surface area contributed by atoms with Gasteiger partial charge < -0.3 is 11.1 Å². The molecule has 0 heterocycles. The van der Waals surface area contributed by atoms with Gasteiger partial charge in [-0.2, -0.15) is 0 Å². The summed E-state index contributed by atoms with van der Waals surface area (Å²) in [5.41, 5.74) is 8.90. The zero-order valence-electron chi connectivity index (χ0n) is 13.6. The van der Waals surface area contributed by atoms with Gasteiger partial charge in [0, 0.05) is 17.3 Å². The molecule has 0 aromatic heterocycles. The van der Waals surface area contributed by atoms with Crippen LogP contribution in [0.15, 0.2) is 48.5 Å². The molecule has 3 rings (SSSR count). The molecule has 1 aliphatic carbocycles. The monoisotopic (exact) mass is 323 g/mol. The average molecular weight is 323 g/mol. The number of anilines is 1. The summed E-state index contributed by atoms with van der Waals surface area (Å²) in [7, 11) is 0. The van der Waals surface area contributed by atoms with Crippen LogP contribution in [-0.4, -0.2) is 17.9 Å². The van der Waals surface area contributed by atoms with Crippen LogP contribution in [0, 0.1) is 0 Å². The molecule has 5 heteroatoms. The number of primary amides is 1. The minimum Gasteiger partial charge on any atom is -0.366 e. The second-order valence-electron chi connectivity index (χ2n) is 6.11. The first kappa shape index (κ1) is 16.2. The Bertz CT molecular complexity index is 755. The van der Waals surface area contributed by atoms with Crippen molar-refractivity contribution in [3.05, 3.63) is 65.2 Å². The molecular formula is C19H21N3O2. The molecule has 0 fully saturated rings. The van der Waals surface area contributed by atoms with Gasteiger partial charge >= 0.3 is 0 Å². The minimum absolute atomic E-state index is 0.105. The third-order valence-corrected chi connectivity index (χ3v) is 4.41. The lowest BCUT2D eigenvalue weighted by Crippen LogP contribution is -2.39. The molecule has 124 valence electrons. The summed E-state index contributed by atoms with van der Waals surface area (Å²) < 4.78 is 0. The SMILES string of the molecule is C[C@H](N[C@H]1CCc2ccccc21)C(=O)Nc1ccc(C(N)=O)cc1. The van der Waals surface area contributed by atoms with Gasteiger partial charge in [-0.05, 0) is 55.2 Å². The molecule has 2 aromatic carbocycles.